The first-order chi connectivity index (χ1) is 8.03. The first-order valence-electron chi connectivity index (χ1n) is 6.13. The van der Waals surface area contributed by atoms with Crippen LogP contribution in [-0.4, -0.2) is 16.6 Å². The molecule has 0 spiro atoms. The summed E-state index contributed by atoms with van der Waals surface area (Å²) in [5.41, 5.74) is 1.18. The van der Waals surface area contributed by atoms with Gasteiger partial charge in [0.1, 0.15) is 5.54 Å². The number of aliphatic carboxylic acids is 1. The zero-order chi connectivity index (χ0) is 12.9. The lowest BCUT2D eigenvalue weighted by Gasteiger charge is -2.28. The number of nitrogens with one attached hydrogen (secondary N) is 1. The molecule has 0 fully saturated rings. The molecule has 1 unspecified atom stereocenters. The van der Waals surface area contributed by atoms with Gasteiger partial charge in [-0.1, -0.05) is 38.5 Å². The molecule has 0 heterocycles. The maximum Gasteiger partial charge on any atom is 0.329 e. The minimum Gasteiger partial charge on any atom is -0.480 e. The molecule has 1 atom stereocenters. The summed E-state index contributed by atoms with van der Waals surface area (Å²) in [7, 11) is 0. The Morgan fingerprint density at radius 1 is 1.35 bits per heavy atom. The molecule has 0 amide bonds. The zero-order valence-electron chi connectivity index (χ0n) is 10.8. The molecule has 0 aliphatic carbocycles. The van der Waals surface area contributed by atoms with Crippen LogP contribution in [0.2, 0.25) is 0 Å². The SMILES string of the molecule is CCCC(C)(Nc1ccccc1CC)C(=O)O. The van der Waals surface area contributed by atoms with Crippen LogP contribution in [0.4, 0.5) is 5.69 Å². The lowest BCUT2D eigenvalue weighted by molar-refractivity contribution is -0.141. The van der Waals surface area contributed by atoms with Gasteiger partial charge in [-0.2, -0.15) is 0 Å². The van der Waals surface area contributed by atoms with Crippen molar-refractivity contribution in [2.24, 2.45) is 0 Å². The van der Waals surface area contributed by atoms with E-state index in [9.17, 15) is 9.90 Å². The fraction of sp³-hybridized carbons (Fsp3) is 0.500. The number of rotatable bonds is 6. The first-order valence-corrected chi connectivity index (χ1v) is 6.13. The number of hydrogen-bond donors (Lipinski definition) is 2. The number of aryl methyl sites for hydroxylation is 1. The smallest absolute Gasteiger partial charge is 0.329 e. The maximum atomic E-state index is 11.4. The molecular weight excluding hydrogens is 214 g/mol. The Kier molecular flexibility index (Phi) is 4.55. The van der Waals surface area contributed by atoms with E-state index in [4.69, 9.17) is 0 Å². The third kappa shape index (κ3) is 3.22. The molecule has 0 aliphatic rings. The highest BCUT2D eigenvalue weighted by Gasteiger charge is 2.32. The Balaban J connectivity index is 2.97. The normalized spacial score (nSPS) is 14.1. The molecule has 0 aromatic heterocycles. The van der Waals surface area contributed by atoms with Crippen LogP contribution in [-0.2, 0) is 11.2 Å². The van der Waals surface area contributed by atoms with Crippen molar-refractivity contribution in [3.05, 3.63) is 29.8 Å². The highest BCUT2D eigenvalue weighted by Crippen LogP contribution is 2.23. The van der Waals surface area contributed by atoms with Crippen LogP contribution in [0.1, 0.15) is 39.2 Å². The summed E-state index contributed by atoms with van der Waals surface area (Å²) in [6.45, 7) is 5.80. The summed E-state index contributed by atoms with van der Waals surface area (Å²) in [6, 6.07) is 7.86. The van der Waals surface area contributed by atoms with Gasteiger partial charge in [0.2, 0.25) is 0 Å². The van der Waals surface area contributed by atoms with E-state index in [1.54, 1.807) is 6.92 Å². The molecule has 0 saturated heterocycles. The van der Waals surface area contributed by atoms with Crippen molar-refractivity contribution in [1.29, 1.82) is 0 Å². The highest BCUT2D eigenvalue weighted by molar-refractivity contribution is 5.82. The van der Waals surface area contributed by atoms with Crippen LogP contribution < -0.4 is 5.32 Å². The van der Waals surface area contributed by atoms with Gasteiger partial charge < -0.3 is 10.4 Å². The van der Waals surface area contributed by atoms with Crippen molar-refractivity contribution in [2.75, 3.05) is 5.32 Å². The fourth-order valence-corrected chi connectivity index (χ4v) is 1.97. The van der Waals surface area contributed by atoms with E-state index >= 15 is 0 Å². The number of benzene rings is 1. The van der Waals surface area contributed by atoms with Crippen LogP contribution in [0.3, 0.4) is 0 Å². The minimum absolute atomic E-state index is 0.611. The van der Waals surface area contributed by atoms with Gasteiger partial charge in [0.15, 0.2) is 0 Å². The topological polar surface area (TPSA) is 49.3 Å². The summed E-state index contributed by atoms with van der Waals surface area (Å²) in [5.74, 6) is -0.801. The Morgan fingerprint density at radius 2 is 2.00 bits per heavy atom. The summed E-state index contributed by atoms with van der Waals surface area (Å²) in [4.78, 5) is 11.4. The third-order valence-electron chi connectivity index (χ3n) is 3.03. The van der Waals surface area contributed by atoms with Crippen molar-refractivity contribution >= 4 is 11.7 Å². The number of anilines is 1. The molecule has 1 aromatic rings. The molecule has 2 N–H and O–H groups in total. The molecule has 17 heavy (non-hydrogen) atoms. The zero-order valence-corrected chi connectivity index (χ0v) is 10.8. The number of hydrogen-bond acceptors (Lipinski definition) is 2. The van der Waals surface area contributed by atoms with E-state index < -0.39 is 11.5 Å². The van der Waals surface area contributed by atoms with Gasteiger partial charge in [-0.15, -0.1) is 0 Å². The molecule has 1 rings (SSSR count). The van der Waals surface area contributed by atoms with E-state index in [0.29, 0.717) is 6.42 Å². The van der Waals surface area contributed by atoms with E-state index in [1.807, 2.05) is 31.2 Å². The fourth-order valence-electron chi connectivity index (χ4n) is 1.97. The standard InChI is InChI=1S/C14H21NO2/c1-4-10-14(3,13(16)17)15-12-9-7-6-8-11(12)5-2/h6-9,15H,4-5,10H2,1-3H3,(H,16,17). The third-order valence-corrected chi connectivity index (χ3v) is 3.03. The second-order valence-electron chi connectivity index (χ2n) is 4.52. The lowest BCUT2D eigenvalue weighted by Crippen LogP contribution is -2.43. The predicted molar refractivity (Wildman–Crippen MR) is 70.4 cm³/mol. The molecule has 3 heteroatoms. The van der Waals surface area contributed by atoms with Crippen molar-refractivity contribution in [3.8, 4) is 0 Å². The Hall–Kier alpha value is -1.51. The predicted octanol–water partition coefficient (Wildman–Crippen LogP) is 3.30. The van der Waals surface area contributed by atoms with E-state index in [2.05, 4.69) is 12.2 Å². The quantitative estimate of drug-likeness (QED) is 0.795. The van der Waals surface area contributed by atoms with Crippen molar-refractivity contribution in [2.45, 2.75) is 45.6 Å². The van der Waals surface area contributed by atoms with Crippen LogP contribution >= 0.6 is 0 Å². The van der Waals surface area contributed by atoms with Gasteiger partial charge in [0, 0.05) is 5.69 Å². The molecule has 3 nitrogen and oxygen atoms in total. The van der Waals surface area contributed by atoms with Gasteiger partial charge in [-0.3, -0.25) is 0 Å². The van der Waals surface area contributed by atoms with Gasteiger partial charge in [0.25, 0.3) is 0 Å². The molecule has 0 saturated carbocycles. The summed E-state index contributed by atoms with van der Waals surface area (Å²) >= 11 is 0. The second kappa shape index (κ2) is 5.71. The molecule has 0 bridgehead atoms. The number of carboxylic acid groups (broad SMARTS) is 1. The summed E-state index contributed by atoms with van der Waals surface area (Å²) < 4.78 is 0. The van der Waals surface area contributed by atoms with Gasteiger partial charge in [0.05, 0.1) is 0 Å². The molecular formula is C14H21NO2. The van der Waals surface area contributed by atoms with Crippen LogP contribution in [0, 0.1) is 0 Å². The minimum atomic E-state index is -0.889. The number of para-hydroxylation sites is 1. The molecule has 0 radical (unpaired) electrons. The number of carbonyl (C=O) groups is 1. The Bertz CT molecular complexity index is 390. The highest BCUT2D eigenvalue weighted by atomic mass is 16.4. The average molecular weight is 235 g/mol. The van der Waals surface area contributed by atoms with Crippen molar-refractivity contribution in [3.63, 3.8) is 0 Å². The van der Waals surface area contributed by atoms with Crippen LogP contribution in [0.15, 0.2) is 24.3 Å². The Morgan fingerprint density at radius 3 is 2.53 bits per heavy atom. The van der Waals surface area contributed by atoms with Gasteiger partial charge >= 0.3 is 5.97 Å². The Labute approximate surface area is 103 Å². The van der Waals surface area contributed by atoms with E-state index in [1.165, 1.54) is 0 Å². The van der Waals surface area contributed by atoms with Crippen LogP contribution in [0.5, 0.6) is 0 Å². The average Bonchev–Trinajstić information content (AvgIpc) is 2.30. The summed E-state index contributed by atoms with van der Waals surface area (Å²) in [5, 5.41) is 12.5. The second-order valence-corrected chi connectivity index (χ2v) is 4.52. The van der Waals surface area contributed by atoms with E-state index in [0.717, 1.165) is 24.1 Å². The van der Waals surface area contributed by atoms with E-state index in [-0.39, 0.29) is 0 Å². The molecule has 94 valence electrons. The van der Waals surface area contributed by atoms with Crippen LogP contribution in [0.25, 0.3) is 0 Å². The van der Waals surface area contributed by atoms with Gasteiger partial charge in [-0.05, 0) is 31.4 Å². The van der Waals surface area contributed by atoms with Crippen molar-refractivity contribution in [1.82, 2.24) is 0 Å². The number of carboxylic acids is 1. The lowest BCUT2D eigenvalue weighted by atomic mass is 9.95. The first kappa shape index (κ1) is 13.6. The molecule has 1 aromatic carbocycles. The largest absolute Gasteiger partial charge is 0.480 e. The van der Waals surface area contributed by atoms with Crippen molar-refractivity contribution < 1.29 is 9.90 Å². The van der Waals surface area contributed by atoms with Gasteiger partial charge in [-0.25, -0.2) is 4.79 Å². The maximum absolute atomic E-state index is 11.4. The summed E-state index contributed by atoms with van der Waals surface area (Å²) in [6.07, 6.45) is 2.34. The monoisotopic (exact) mass is 235 g/mol. The molecule has 0 aliphatic heterocycles.